The minimum atomic E-state index is 0.157. The number of anilines is 4. The van der Waals surface area contributed by atoms with Gasteiger partial charge in [-0.15, -0.1) is 0 Å². The van der Waals surface area contributed by atoms with Crippen molar-refractivity contribution in [1.82, 2.24) is 9.97 Å². The van der Waals surface area contributed by atoms with E-state index in [0.29, 0.717) is 5.69 Å². The first-order chi connectivity index (χ1) is 16.2. The summed E-state index contributed by atoms with van der Waals surface area (Å²) in [6, 6.07) is 14.0. The number of aromatic nitrogens is 2. The van der Waals surface area contributed by atoms with Crippen LogP contribution in [0.1, 0.15) is 12.8 Å². The molecular weight excluding hydrogens is 418 g/mol. The number of hydrogen-bond acceptors (Lipinski definition) is 8. The van der Waals surface area contributed by atoms with Gasteiger partial charge in [0, 0.05) is 50.1 Å². The third kappa shape index (κ3) is 5.35. The van der Waals surface area contributed by atoms with Gasteiger partial charge in [0.05, 0.1) is 32.1 Å². The van der Waals surface area contributed by atoms with E-state index in [1.54, 1.807) is 6.20 Å². The number of morpholine rings is 1. The second kappa shape index (κ2) is 10.1. The van der Waals surface area contributed by atoms with Gasteiger partial charge in [-0.2, -0.15) is 0 Å². The quantitative estimate of drug-likeness (QED) is 0.550. The van der Waals surface area contributed by atoms with E-state index in [2.05, 4.69) is 20.2 Å². The average molecular weight is 448 g/mol. The van der Waals surface area contributed by atoms with Crippen LogP contribution in [0.2, 0.25) is 0 Å². The van der Waals surface area contributed by atoms with Gasteiger partial charge in [-0.1, -0.05) is 6.07 Å². The predicted octanol–water partition coefficient (Wildman–Crippen LogP) is 3.86. The second-order valence-electron chi connectivity index (χ2n) is 8.24. The maximum absolute atomic E-state index is 6.31. The van der Waals surface area contributed by atoms with Gasteiger partial charge in [0.15, 0.2) is 0 Å². The van der Waals surface area contributed by atoms with E-state index >= 15 is 0 Å². The molecule has 172 valence electrons. The summed E-state index contributed by atoms with van der Waals surface area (Å²) in [6.07, 6.45) is 5.54. The van der Waals surface area contributed by atoms with Crippen LogP contribution in [0.15, 0.2) is 54.9 Å². The molecule has 2 aliphatic rings. The number of nitrogens with one attached hydrogen (secondary N) is 1. The van der Waals surface area contributed by atoms with Crippen molar-refractivity contribution in [2.75, 3.05) is 55.5 Å². The molecule has 0 amide bonds. The summed E-state index contributed by atoms with van der Waals surface area (Å²) in [6.45, 7) is 4.73. The molecular formula is C25H29N5O3. The van der Waals surface area contributed by atoms with Crippen LogP contribution < -0.4 is 20.7 Å². The fraction of sp³-hybridized carbons (Fsp3) is 0.360. The van der Waals surface area contributed by atoms with E-state index < -0.39 is 0 Å². The average Bonchev–Trinajstić information content (AvgIpc) is 2.87. The molecule has 2 aromatic heterocycles. The summed E-state index contributed by atoms with van der Waals surface area (Å²) in [4.78, 5) is 11.2. The molecule has 3 N–H and O–H groups in total. The van der Waals surface area contributed by atoms with Crippen LogP contribution in [-0.2, 0) is 9.47 Å². The molecule has 0 unspecified atom stereocenters. The minimum Gasteiger partial charge on any atom is -0.488 e. The fourth-order valence-electron chi connectivity index (χ4n) is 4.12. The normalized spacial score (nSPS) is 17.0. The molecule has 33 heavy (non-hydrogen) atoms. The van der Waals surface area contributed by atoms with Crippen molar-refractivity contribution in [3.05, 3.63) is 54.9 Å². The summed E-state index contributed by atoms with van der Waals surface area (Å²) >= 11 is 0. The monoisotopic (exact) mass is 447 g/mol. The van der Waals surface area contributed by atoms with Gasteiger partial charge in [0.1, 0.15) is 23.5 Å². The van der Waals surface area contributed by atoms with Crippen LogP contribution in [0.5, 0.6) is 5.75 Å². The Labute approximate surface area is 193 Å². The van der Waals surface area contributed by atoms with Crippen LogP contribution in [0.25, 0.3) is 11.1 Å². The molecule has 1 aromatic carbocycles. The largest absolute Gasteiger partial charge is 0.488 e. The number of rotatable bonds is 6. The Morgan fingerprint density at radius 3 is 2.33 bits per heavy atom. The van der Waals surface area contributed by atoms with Gasteiger partial charge in [-0.3, -0.25) is 0 Å². The lowest BCUT2D eigenvalue weighted by atomic mass is 10.1. The molecule has 0 bridgehead atoms. The van der Waals surface area contributed by atoms with Crippen LogP contribution in [0.4, 0.5) is 23.0 Å². The third-order valence-corrected chi connectivity index (χ3v) is 5.94. The molecule has 0 saturated carbocycles. The first kappa shape index (κ1) is 21.5. The van der Waals surface area contributed by atoms with Gasteiger partial charge in [-0.25, -0.2) is 9.97 Å². The maximum atomic E-state index is 6.31. The Bertz CT molecular complexity index is 1080. The van der Waals surface area contributed by atoms with Crippen LogP contribution in [-0.4, -0.2) is 55.6 Å². The first-order valence-corrected chi connectivity index (χ1v) is 11.4. The Kier molecular flexibility index (Phi) is 6.55. The zero-order chi connectivity index (χ0) is 22.5. The highest BCUT2D eigenvalue weighted by Crippen LogP contribution is 2.31. The smallest absolute Gasteiger partial charge is 0.142 e. The van der Waals surface area contributed by atoms with E-state index in [-0.39, 0.29) is 6.10 Å². The zero-order valence-corrected chi connectivity index (χ0v) is 18.6. The van der Waals surface area contributed by atoms with Gasteiger partial charge in [0.2, 0.25) is 0 Å². The van der Waals surface area contributed by atoms with Crippen molar-refractivity contribution in [2.45, 2.75) is 18.9 Å². The number of nitrogens with zero attached hydrogens (tertiary/aromatic N) is 3. The number of pyridine rings is 2. The summed E-state index contributed by atoms with van der Waals surface area (Å²) in [5.74, 6) is 2.20. The van der Waals surface area contributed by atoms with Crippen molar-refractivity contribution < 1.29 is 14.2 Å². The van der Waals surface area contributed by atoms with Gasteiger partial charge in [-0.05, 0) is 41.5 Å². The van der Waals surface area contributed by atoms with Crippen molar-refractivity contribution in [3.63, 3.8) is 0 Å². The summed E-state index contributed by atoms with van der Waals surface area (Å²) in [5, 5.41) is 3.33. The number of nitrogens with two attached hydrogens (primary N) is 1. The molecule has 2 saturated heterocycles. The van der Waals surface area contributed by atoms with Crippen LogP contribution in [0, 0.1) is 0 Å². The minimum absolute atomic E-state index is 0.157. The zero-order valence-electron chi connectivity index (χ0n) is 18.6. The molecule has 0 spiro atoms. The van der Waals surface area contributed by atoms with Crippen LogP contribution in [0.3, 0.4) is 0 Å². The molecule has 0 aliphatic carbocycles. The number of ether oxygens (including phenoxy) is 3. The van der Waals surface area contributed by atoms with Crippen LogP contribution >= 0.6 is 0 Å². The molecule has 4 heterocycles. The van der Waals surface area contributed by atoms with Crippen molar-refractivity contribution >= 4 is 23.0 Å². The molecule has 8 heteroatoms. The summed E-state index contributed by atoms with van der Waals surface area (Å²) in [5.41, 5.74) is 10.1. The summed E-state index contributed by atoms with van der Waals surface area (Å²) in [7, 11) is 0. The first-order valence-electron chi connectivity index (χ1n) is 11.4. The Morgan fingerprint density at radius 2 is 1.55 bits per heavy atom. The molecule has 2 fully saturated rings. The van der Waals surface area contributed by atoms with E-state index in [0.717, 1.165) is 86.6 Å². The Hall–Kier alpha value is -3.36. The highest BCUT2D eigenvalue weighted by Gasteiger charge is 2.17. The second-order valence-corrected chi connectivity index (χ2v) is 8.24. The van der Waals surface area contributed by atoms with Crippen molar-refractivity contribution in [1.29, 1.82) is 0 Å². The topological polar surface area (TPSA) is 94.8 Å². The molecule has 5 rings (SSSR count). The molecule has 8 nitrogen and oxygen atoms in total. The SMILES string of the molecule is Nc1cc(-c2ccnc(Nc3cc(N4CCOCC4)ccn3)c2)ccc1OC1CCOCC1. The van der Waals surface area contributed by atoms with Gasteiger partial charge >= 0.3 is 0 Å². The lowest BCUT2D eigenvalue weighted by Gasteiger charge is -2.28. The number of nitrogen functional groups attached to an aromatic ring is 1. The van der Waals surface area contributed by atoms with E-state index in [4.69, 9.17) is 19.9 Å². The van der Waals surface area contributed by atoms with Gasteiger partial charge in [0.25, 0.3) is 0 Å². The Balaban J connectivity index is 1.29. The van der Waals surface area contributed by atoms with E-state index in [1.165, 1.54) is 0 Å². The lowest BCUT2D eigenvalue weighted by molar-refractivity contribution is 0.0259. The molecule has 3 aromatic rings. The molecule has 2 aliphatic heterocycles. The van der Waals surface area contributed by atoms with Gasteiger partial charge < -0.3 is 30.2 Å². The molecule has 0 radical (unpaired) electrons. The fourth-order valence-corrected chi connectivity index (χ4v) is 4.12. The maximum Gasteiger partial charge on any atom is 0.142 e. The standard InChI is InChI=1S/C25H29N5O3/c26-22-15-18(1-2-23(22)33-21-5-11-31-12-6-21)19-3-7-27-24(16-19)29-25-17-20(4-8-28-25)30-9-13-32-14-10-30/h1-4,7-8,15-17,21H,5-6,9-14,26H2,(H,27,28,29). The summed E-state index contributed by atoms with van der Waals surface area (Å²) < 4.78 is 16.9. The van der Waals surface area contributed by atoms with Crippen molar-refractivity contribution in [3.8, 4) is 16.9 Å². The van der Waals surface area contributed by atoms with Crippen molar-refractivity contribution in [2.24, 2.45) is 0 Å². The number of hydrogen-bond donors (Lipinski definition) is 2. The number of benzene rings is 1. The van der Waals surface area contributed by atoms with E-state index in [9.17, 15) is 0 Å². The third-order valence-electron chi connectivity index (χ3n) is 5.94. The Morgan fingerprint density at radius 1 is 0.848 bits per heavy atom. The predicted molar refractivity (Wildman–Crippen MR) is 129 cm³/mol. The molecule has 0 atom stereocenters. The highest BCUT2D eigenvalue weighted by atomic mass is 16.5. The van der Waals surface area contributed by atoms with E-state index in [1.807, 2.05) is 48.7 Å². The lowest BCUT2D eigenvalue weighted by Crippen LogP contribution is -2.36. The highest BCUT2D eigenvalue weighted by molar-refractivity contribution is 5.73.